The molecular formula is C28H28FN3O2. The van der Waals surface area contributed by atoms with Gasteiger partial charge in [-0.1, -0.05) is 48.5 Å². The summed E-state index contributed by atoms with van der Waals surface area (Å²) in [7, 11) is 1.83. The highest BCUT2D eigenvalue weighted by Crippen LogP contribution is 2.35. The summed E-state index contributed by atoms with van der Waals surface area (Å²) in [5.74, 6) is 0.557. The molecule has 0 aliphatic rings. The predicted molar refractivity (Wildman–Crippen MR) is 131 cm³/mol. The molecule has 5 nitrogen and oxygen atoms in total. The Morgan fingerprint density at radius 3 is 2.44 bits per heavy atom. The molecule has 0 saturated carbocycles. The zero-order chi connectivity index (χ0) is 24.2. The second-order valence-electron chi connectivity index (χ2n) is 8.58. The number of halogens is 1. The molecule has 1 aromatic heterocycles. The normalized spacial score (nSPS) is 11.0. The van der Waals surface area contributed by atoms with Gasteiger partial charge in [-0.2, -0.15) is 5.10 Å². The van der Waals surface area contributed by atoms with Crippen LogP contribution >= 0.6 is 0 Å². The number of aromatic nitrogens is 2. The van der Waals surface area contributed by atoms with Crippen LogP contribution in [0.4, 0.5) is 4.39 Å². The number of carbonyl (C=O) groups is 1. The van der Waals surface area contributed by atoms with Crippen LogP contribution in [0.5, 0.6) is 11.6 Å². The third-order valence-electron chi connectivity index (χ3n) is 5.62. The number of benzene rings is 3. The van der Waals surface area contributed by atoms with Crippen LogP contribution < -0.4 is 4.74 Å². The van der Waals surface area contributed by atoms with E-state index in [1.165, 1.54) is 12.1 Å². The van der Waals surface area contributed by atoms with Gasteiger partial charge in [0, 0.05) is 24.2 Å². The van der Waals surface area contributed by atoms with E-state index in [2.05, 4.69) is 0 Å². The molecule has 3 aromatic carbocycles. The van der Waals surface area contributed by atoms with Gasteiger partial charge >= 0.3 is 0 Å². The monoisotopic (exact) mass is 457 g/mol. The Morgan fingerprint density at radius 2 is 1.76 bits per heavy atom. The predicted octanol–water partition coefficient (Wildman–Crippen LogP) is 6.38. The first-order chi connectivity index (χ1) is 16.3. The maximum Gasteiger partial charge on any atom is 0.254 e. The average Bonchev–Trinajstić information content (AvgIpc) is 3.12. The third kappa shape index (κ3) is 5.01. The summed E-state index contributed by atoms with van der Waals surface area (Å²) in [6.07, 6.45) is 0. The number of nitrogens with zero attached hydrogens (tertiary/aromatic N) is 3. The minimum absolute atomic E-state index is 0.133. The lowest BCUT2D eigenvalue weighted by Crippen LogP contribution is -2.36. The molecular weight excluding hydrogens is 429 g/mol. The number of amides is 1. The molecule has 0 unspecified atom stereocenters. The number of hydrogen-bond acceptors (Lipinski definition) is 3. The van der Waals surface area contributed by atoms with Crippen molar-refractivity contribution in [2.24, 2.45) is 7.05 Å². The lowest BCUT2D eigenvalue weighted by Gasteiger charge is -2.27. The molecule has 4 aromatic rings. The van der Waals surface area contributed by atoms with Crippen LogP contribution in [-0.4, -0.2) is 26.6 Å². The lowest BCUT2D eigenvalue weighted by molar-refractivity contribution is 0.0689. The van der Waals surface area contributed by atoms with Crippen molar-refractivity contribution in [3.05, 3.63) is 101 Å². The Balaban J connectivity index is 1.79. The highest BCUT2D eigenvalue weighted by Gasteiger charge is 2.26. The third-order valence-corrected chi connectivity index (χ3v) is 5.62. The van der Waals surface area contributed by atoms with E-state index in [4.69, 9.17) is 9.84 Å². The second-order valence-corrected chi connectivity index (χ2v) is 8.58. The molecule has 6 heteroatoms. The first-order valence-electron chi connectivity index (χ1n) is 11.3. The van der Waals surface area contributed by atoms with Crippen molar-refractivity contribution in [3.63, 3.8) is 0 Å². The summed E-state index contributed by atoms with van der Waals surface area (Å²) >= 11 is 0. The molecule has 0 radical (unpaired) electrons. The highest BCUT2D eigenvalue weighted by molar-refractivity contribution is 5.94. The summed E-state index contributed by atoms with van der Waals surface area (Å²) in [6, 6.07) is 23.3. The molecule has 0 atom stereocenters. The smallest absolute Gasteiger partial charge is 0.254 e. The molecule has 4 rings (SSSR count). The van der Waals surface area contributed by atoms with E-state index in [-0.39, 0.29) is 18.5 Å². The molecule has 1 heterocycles. The zero-order valence-electron chi connectivity index (χ0n) is 19.8. The van der Waals surface area contributed by atoms with Crippen molar-refractivity contribution in [3.8, 4) is 22.9 Å². The van der Waals surface area contributed by atoms with Gasteiger partial charge < -0.3 is 9.64 Å². The largest absolute Gasteiger partial charge is 0.439 e. The van der Waals surface area contributed by atoms with Crippen molar-refractivity contribution in [2.75, 3.05) is 0 Å². The van der Waals surface area contributed by atoms with Crippen molar-refractivity contribution in [2.45, 2.75) is 33.4 Å². The quantitative estimate of drug-likeness (QED) is 0.324. The molecule has 0 aliphatic carbocycles. The first kappa shape index (κ1) is 23.2. The van der Waals surface area contributed by atoms with Crippen LogP contribution in [0.15, 0.2) is 78.9 Å². The van der Waals surface area contributed by atoms with E-state index >= 15 is 0 Å². The number of ether oxygens (including phenoxy) is 1. The van der Waals surface area contributed by atoms with Gasteiger partial charge in [-0.3, -0.25) is 4.79 Å². The zero-order valence-corrected chi connectivity index (χ0v) is 19.8. The number of hydrogen-bond donors (Lipinski definition) is 0. The van der Waals surface area contributed by atoms with Gasteiger partial charge in [0.2, 0.25) is 5.88 Å². The summed E-state index contributed by atoms with van der Waals surface area (Å²) in [6.45, 7) is 6.14. The van der Waals surface area contributed by atoms with Gasteiger partial charge in [0.15, 0.2) is 0 Å². The standard InChI is InChI=1S/C28H28FN3O2/c1-19(2)32(27(33)22-13-9-14-23(29)17-22)18-25-26(21-11-6-5-7-12-21)30-31(4)28(25)34-24-15-8-10-20(3)16-24/h5-17,19H,18H2,1-4H3. The van der Waals surface area contributed by atoms with Crippen LogP contribution in [0.1, 0.15) is 35.3 Å². The lowest BCUT2D eigenvalue weighted by atomic mass is 10.1. The Hall–Kier alpha value is -3.93. The number of aryl methyl sites for hydroxylation is 2. The molecule has 34 heavy (non-hydrogen) atoms. The molecule has 0 bridgehead atoms. The Labute approximate surface area is 199 Å². The van der Waals surface area contributed by atoms with Crippen LogP contribution in [0, 0.1) is 12.7 Å². The molecule has 0 aliphatic heterocycles. The van der Waals surface area contributed by atoms with Crippen LogP contribution in [0.3, 0.4) is 0 Å². The maximum absolute atomic E-state index is 13.8. The van der Waals surface area contributed by atoms with Crippen LogP contribution in [0.2, 0.25) is 0 Å². The summed E-state index contributed by atoms with van der Waals surface area (Å²) < 4.78 is 21.9. The van der Waals surface area contributed by atoms with E-state index in [0.717, 1.165) is 22.4 Å². The van der Waals surface area contributed by atoms with E-state index in [0.29, 0.717) is 17.2 Å². The number of carbonyl (C=O) groups excluding carboxylic acids is 1. The van der Waals surface area contributed by atoms with Crippen LogP contribution in [-0.2, 0) is 13.6 Å². The minimum Gasteiger partial charge on any atom is -0.439 e. The van der Waals surface area contributed by atoms with Gasteiger partial charge in [-0.25, -0.2) is 9.07 Å². The van der Waals surface area contributed by atoms with E-state index in [1.54, 1.807) is 21.7 Å². The van der Waals surface area contributed by atoms with Crippen molar-refractivity contribution < 1.29 is 13.9 Å². The molecule has 174 valence electrons. The van der Waals surface area contributed by atoms with Gasteiger partial charge in [0.1, 0.15) is 17.3 Å². The summed E-state index contributed by atoms with van der Waals surface area (Å²) in [5, 5.41) is 4.75. The summed E-state index contributed by atoms with van der Waals surface area (Å²) in [5.41, 5.74) is 3.83. The van der Waals surface area contributed by atoms with Gasteiger partial charge in [-0.15, -0.1) is 0 Å². The Bertz CT molecular complexity index is 1300. The van der Waals surface area contributed by atoms with Crippen molar-refractivity contribution >= 4 is 5.91 Å². The minimum atomic E-state index is -0.440. The molecule has 0 N–H and O–H groups in total. The van der Waals surface area contributed by atoms with Gasteiger partial charge in [-0.05, 0) is 56.7 Å². The van der Waals surface area contributed by atoms with E-state index in [1.807, 2.05) is 82.4 Å². The molecule has 0 saturated heterocycles. The summed E-state index contributed by atoms with van der Waals surface area (Å²) in [4.78, 5) is 15.1. The second kappa shape index (κ2) is 9.91. The maximum atomic E-state index is 13.8. The topological polar surface area (TPSA) is 47.4 Å². The molecule has 0 fully saturated rings. The van der Waals surface area contributed by atoms with Crippen molar-refractivity contribution in [1.82, 2.24) is 14.7 Å². The van der Waals surface area contributed by atoms with Gasteiger partial charge in [0.25, 0.3) is 5.91 Å². The SMILES string of the molecule is Cc1cccc(Oc2c(CN(C(=O)c3cccc(F)c3)C(C)C)c(-c3ccccc3)nn2C)c1. The average molecular weight is 458 g/mol. The fraction of sp³-hybridized carbons (Fsp3) is 0.214. The van der Waals surface area contributed by atoms with Crippen molar-refractivity contribution in [1.29, 1.82) is 0 Å². The fourth-order valence-corrected chi connectivity index (χ4v) is 3.89. The van der Waals surface area contributed by atoms with E-state index in [9.17, 15) is 9.18 Å². The van der Waals surface area contributed by atoms with Crippen LogP contribution in [0.25, 0.3) is 11.3 Å². The van der Waals surface area contributed by atoms with Gasteiger partial charge in [0.05, 0.1) is 12.1 Å². The first-order valence-corrected chi connectivity index (χ1v) is 11.3. The Morgan fingerprint density at radius 1 is 1.03 bits per heavy atom. The molecule has 0 spiro atoms. The highest BCUT2D eigenvalue weighted by atomic mass is 19.1. The fourth-order valence-electron chi connectivity index (χ4n) is 3.89. The van der Waals surface area contributed by atoms with E-state index < -0.39 is 5.82 Å². The number of rotatable bonds is 7. The Kier molecular flexibility index (Phi) is 6.77. The molecule has 1 amide bonds.